The van der Waals surface area contributed by atoms with Crippen molar-refractivity contribution in [1.82, 2.24) is 4.90 Å². The molecule has 1 aromatic rings. The quantitative estimate of drug-likeness (QED) is 0.827. The maximum atomic E-state index is 12.0. The van der Waals surface area contributed by atoms with E-state index in [0.29, 0.717) is 11.3 Å². The van der Waals surface area contributed by atoms with Gasteiger partial charge in [0.15, 0.2) is 0 Å². The fraction of sp³-hybridized carbons (Fsp3) is 0.333. The van der Waals surface area contributed by atoms with Crippen molar-refractivity contribution in [3.8, 4) is 0 Å². The lowest BCUT2D eigenvalue weighted by molar-refractivity contribution is -0.146. The molecule has 7 nitrogen and oxygen atoms in total. The minimum atomic E-state index is -3.35. The van der Waals surface area contributed by atoms with Gasteiger partial charge in [-0.15, -0.1) is 0 Å². The van der Waals surface area contributed by atoms with Crippen LogP contribution in [0.25, 0.3) is 0 Å². The van der Waals surface area contributed by atoms with E-state index in [4.69, 9.17) is 5.11 Å². The van der Waals surface area contributed by atoms with Gasteiger partial charge in [-0.3, -0.25) is 14.3 Å². The molecule has 0 aliphatic carbocycles. The number of sulfonamides is 1. The van der Waals surface area contributed by atoms with Gasteiger partial charge >= 0.3 is 5.97 Å². The number of nitrogens with one attached hydrogen (secondary N) is 1. The van der Waals surface area contributed by atoms with Crippen molar-refractivity contribution in [1.29, 1.82) is 0 Å². The number of anilines is 1. The van der Waals surface area contributed by atoms with Gasteiger partial charge in [0.1, 0.15) is 0 Å². The molecule has 1 aromatic carbocycles. The second-order valence-corrected chi connectivity index (χ2v) is 6.45. The molecule has 1 fully saturated rings. The van der Waals surface area contributed by atoms with Gasteiger partial charge in [0.25, 0.3) is 5.91 Å². The molecule has 8 heteroatoms. The summed E-state index contributed by atoms with van der Waals surface area (Å²) in [6.45, 7) is 0.412. The first-order valence-electron chi connectivity index (χ1n) is 5.86. The zero-order valence-electron chi connectivity index (χ0n) is 10.7. The number of benzene rings is 1. The van der Waals surface area contributed by atoms with Crippen molar-refractivity contribution in [2.75, 3.05) is 24.1 Å². The highest BCUT2D eigenvalue weighted by Crippen LogP contribution is 2.20. The van der Waals surface area contributed by atoms with Crippen LogP contribution < -0.4 is 4.72 Å². The number of likely N-dealkylation sites (tertiary alicyclic amines) is 1. The summed E-state index contributed by atoms with van der Waals surface area (Å²) < 4.78 is 24.4. The van der Waals surface area contributed by atoms with Gasteiger partial charge in [-0.1, -0.05) is 0 Å². The number of carboxylic acids is 1. The standard InChI is InChI=1S/C12H14N2O5S/c1-20(18,19)13-10-4-2-8(3-5-10)11(15)14-6-9(7-14)12(16)17/h2-5,9,13H,6-7H2,1H3,(H,16,17). The third-order valence-electron chi connectivity index (χ3n) is 2.95. The largest absolute Gasteiger partial charge is 0.481 e. The molecule has 0 radical (unpaired) electrons. The molecule has 108 valence electrons. The highest BCUT2D eigenvalue weighted by Gasteiger charge is 2.35. The number of aliphatic carboxylic acids is 1. The van der Waals surface area contributed by atoms with Crippen molar-refractivity contribution in [2.24, 2.45) is 5.92 Å². The molecule has 1 amide bonds. The predicted octanol–water partition coefficient (Wildman–Crippen LogP) is 0.215. The molecule has 0 unspecified atom stereocenters. The number of hydrogen-bond donors (Lipinski definition) is 2. The van der Waals surface area contributed by atoms with E-state index in [1.807, 2.05) is 0 Å². The normalized spacial score (nSPS) is 15.6. The van der Waals surface area contributed by atoms with Crippen molar-refractivity contribution < 1.29 is 23.1 Å². The van der Waals surface area contributed by atoms with Gasteiger partial charge in [-0.05, 0) is 24.3 Å². The van der Waals surface area contributed by atoms with Crippen molar-refractivity contribution in [3.05, 3.63) is 29.8 Å². The average molecular weight is 298 g/mol. The van der Waals surface area contributed by atoms with E-state index in [2.05, 4.69) is 4.72 Å². The Bertz CT molecular complexity index is 632. The first kappa shape index (κ1) is 14.3. The van der Waals surface area contributed by atoms with Crippen molar-refractivity contribution in [3.63, 3.8) is 0 Å². The van der Waals surface area contributed by atoms with E-state index in [1.54, 1.807) is 0 Å². The number of hydrogen-bond acceptors (Lipinski definition) is 4. The molecular formula is C12H14N2O5S. The average Bonchev–Trinajstić information content (AvgIpc) is 2.24. The van der Waals surface area contributed by atoms with E-state index in [9.17, 15) is 18.0 Å². The SMILES string of the molecule is CS(=O)(=O)Nc1ccc(C(=O)N2CC(C(=O)O)C2)cc1. The van der Waals surface area contributed by atoms with Gasteiger partial charge in [0.2, 0.25) is 10.0 Å². The van der Waals surface area contributed by atoms with Crippen molar-refractivity contribution in [2.45, 2.75) is 0 Å². The minimum absolute atomic E-state index is 0.206. The Labute approximate surface area is 116 Å². The summed E-state index contributed by atoms with van der Waals surface area (Å²) in [5, 5.41) is 8.74. The number of carbonyl (C=O) groups excluding carboxylic acids is 1. The Morgan fingerprint density at radius 1 is 1.25 bits per heavy atom. The predicted molar refractivity (Wildman–Crippen MR) is 71.9 cm³/mol. The summed E-state index contributed by atoms with van der Waals surface area (Å²) >= 11 is 0. The fourth-order valence-corrected chi connectivity index (χ4v) is 2.44. The summed E-state index contributed by atoms with van der Waals surface area (Å²) in [5.41, 5.74) is 0.768. The fourth-order valence-electron chi connectivity index (χ4n) is 1.88. The van der Waals surface area contributed by atoms with Crippen molar-refractivity contribution >= 4 is 27.6 Å². The van der Waals surface area contributed by atoms with E-state index in [0.717, 1.165) is 6.26 Å². The van der Waals surface area contributed by atoms with Crippen LogP contribution in [-0.4, -0.2) is 49.6 Å². The molecule has 2 rings (SSSR count). The molecule has 20 heavy (non-hydrogen) atoms. The highest BCUT2D eigenvalue weighted by molar-refractivity contribution is 7.92. The highest BCUT2D eigenvalue weighted by atomic mass is 32.2. The number of amides is 1. The van der Waals surface area contributed by atoms with E-state index in [1.165, 1.54) is 29.2 Å². The molecule has 1 aliphatic heterocycles. The molecular weight excluding hydrogens is 284 g/mol. The van der Waals surface area contributed by atoms with Gasteiger partial charge in [0, 0.05) is 24.3 Å². The lowest BCUT2D eigenvalue weighted by Crippen LogP contribution is -2.53. The smallest absolute Gasteiger partial charge is 0.310 e. The van der Waals surface area contributed by atoms with Crippen LogP contribution in [-0.2, 0) is 14.8 Å². The zero-order valence-corrected chi connectivity index (χ0v) is 11.6. The summed E-state index contributed by atoms with van der Waals surface area (Å²) in [7, 11) is -3.35. The molecule has 0 atom stereocenters. The van der Waals surface area contributed by atoms with Crippen LogP contribution >= 0.6 is 0 Å². The summed E-state index contributed by atoms with van der Waals surface area (Å²) in [5.74, 6) is -1.65. The van der Waals surface area contributed by atoms with Crippen LogP contribution in [0.15, 0.2) is 24.3 Å². The van der Waals surface area contributed by atoms with Crippen LogP contribution in [0.3, 0.4) is 0 Å². The van der Waals surface area contributed by atoms with E-state index < -0.39 is 21.9 Å². The number of nitrogens with zero attached hydrogens (tertiary/aromatic N) is 1. The molecule has 2 N–H and O–H groups in total. The molecule has 1 aliphatic rings. The Morgan fingerprint density at radius 2 is 1.80 bits per heavy atom. The zero-order chi connectivity index (χ0) is 14.9. The Morgan fingerprint density at radius 3 is 2.25 bits per heavy atom. The van der Waals surface area contributed by atoms with Crippen LogP contribution in [0.4, 0.5) is 5.69 Å². The lowest BCUT2D eigenvalue weighted by Gasteiger charge is -2.36. The Hall–Kier alpha value is -2.09. The monoisotopic (exact) mass is 298 g/mol. The van der Waals surface area contributed by atoms with Crippen LogP contribution in [0.5, 0.6) is 0 Å². The van der Waals surface area contributed by atoms with Gasteiger partial charge in [-0.2, -0.15) is 0 Å². The molecule has 1 saturated heterocycles. The summed E-state index contributed by atoms with van der Waals surface area (Å²) in [6.07, 6.45) is 1.04. The Balaban J connectivity index is 2.00. The second kappa shape index (κ2) is 5.12. The first-order chi connectivity index (χ1) is 9.26. The number of carbonyl (C=O) groups is 2. The Kier molecular flexibility index (Phi) is 3.67. The van der Waals surface area contributed by atoms with Gasteiger partial charge < -0.3 is 10.0 Å². The molecule has 1 heterocycles. The van der Waals surface area contributed by atoms with Gasteiger partial charge in [-0.25, -0.2) is 8.42 Å². The molecule has 0 bridgehead atoms. The lowest BCUT2D eigenvalue weighted by atomic mass is 9.99. The molecule has 0 saturated carbocycles. The topological polar surface area (TPSA) is 104 Å². The minimum Gasteiger partial charge on any atom is -0.481 e. The molecule has 0 aromatic heterocycles. The summed E-state index contributed by atoms with van der Waals surface area (Å²) in [6, 6.07) is 5.99. The van der Waals surface area contributed by atoms with Crippen LogP contribution in [0, 0.1) is 5.92 Å². The van der Waals surface area contributed by atoms with E-state index in [-0.39, 0.29) is 19.0 Å². The third kappa shape index (κ3) is 3.27. The molecule has 0 spiro atoms. The van der Waals surface area contributed by atoms with Gasteiger partial charge in [0.05, 0.1) is 12.2 Å². The third-order valence-corrected chi connectivity index (χ3v) is 3.56. The van der Waals surface area contributed by atoms with E-state index >= 15 is 0 Å². The van der Waals surface area contributed by atoms with Crippen LogP contribution in [0.2, 0.25) is 0 Å². The first-order valence-corrected chi connectivity index (χ1v) is 7.75. The summed E-state index contributed by atoms with van der Waals surface area (Å²) in [4.78, 5) is 24.1. The maximum Gasteiger partial charge on any atom is 0.310 e. The second-order valence-electron chi connectivity index (χ2n) is 4.70. The maximum absolute atomic E-state index is 12.0. The van der Waals surface area contributed by atoms with Crippen LogP contribution in [0.1, 0.15) is 10.4 Å². The number of carboxylic acid groups (broad SMARTS) is 1. The number of rotatable bonds is 4.